The highest BCUT2D eigenvalue weighted by Crippen LogP contribution is 2.45. The third-order valence-electron chi connectivity index (χ3n) is 6.94. The number of rotatable bonds is 4. The molecule has 172 valence electrons. The van der Waals surface area contributed by atoms with Crippen molar-refractivity contribution in [1.82, 2.24) is 14.7 Å². The first-order valence-corrected chi connectivity index (χ1v) is 11.3. The van der Waals surface area contributed by atoms with Crippen molar-refractivity contribution < 1.29 is 24.2 Å². The molecule has 0 aliphatic carbocycles. The number of piperazine rings is 1. The summed E-state index contributed by atoms with van der Waals surface area (Å²) in [6, 6.07) is 16.1. The van der Waals surface area contributed by atoms with Crippen molar-refractivity contribution in [3.63, 3.8) is 0 Å². The molecule has 4 unspecified atom stereocenters. The first-order valence-electron chi connectivity index (χ1n) is 11.3. The number of carbonyl (C=O) groups excluding carboxylic acids is 3. The zero-order valence-corrected chi connectivity index (χ0v) is 18.5. The lowest BCUT2D eigenvalue weighted by Crippen LogP contribution is -2.75. The van der Waals surface area contributed by atoms with E-state index in [4.69, 9.17) is 4.74 Å². The third-order valence-corrected chi connectivity index (χ3v) is 6.94. The Morgan fingerprint density at radius 2 is 1.67 bits per heavy atom. The molecule has 0 saturated carbocycles. The second kappa shape index (κ2) is 8.19. The summed E-state index contributed by atoms with van der Waals surface area (Å²) in [6.07, 6.45) is 0.681. The van der Waals surface area contributed by atoms with Gasteiger partial charge in [0.2, 0.25) is 17.7 Å². The Morgan fingerprint density at radius 1 is 1.03 bits per heavy atom. The molecule has 0 spiro atoms. The van der Waals surface area contributed by atoms with E-state index in [1.807, 2.05) is 60.7 Å². The Kier molecular flexibility index (Phi) is 5.32. The smallest absolute Gasteiger partial charge is 0.414 e. The predicted octanol–water partition coefficient (Wildman–Crippen LogP) is 2.12. The zero-order chi connectivity index (χ0) is 23.2. The van der Waals surface area contributed by atoms with Crippen LogP contribution in [0.3, 0.4) is 0 Å². The third kappa shape index (κ3) is 3.36. The molecule has 3 fully saturated rings. The minimum Gasteiger partial charge on any atom is -0.444 e. The van der Waals surface area contributed by atoms with E-state index >= 15 is 0 Å². The van der Waals surface area contributed by atoms with Gasteiger partial charge in [0.05, 0.1) is 0 Å². The summed E-state index contributed by atoms with van der Waals surface area (Å²) in [7, 11) is 0. The Labute approximate surface area is 192 Å². The van der Waals surface area contributed by atoms with Crippen molar-refractivity contribution in [3.8, 4) is 0 Å². The van der Waals surface area contributed by atoms with Gasteiger partial charge in [0.15, 0.2) is 0 Å². The number of amides is 3. The summed E-state index contributed by atoms with van der Waals surface area (Å²) in [5.74, 6) is -2.59. The Bertz CT molecular complexity index is 1060. The fourth-order valence-electron chi connectivity index (χ4n) is 5.41. The number of hydrogen-bond acceptors (Lipinski definition) is 5. The van der Waals surface area contributed by atoms with Gasteiger partial charge in [-0.2, -0.15) is 0 Å². The van der Waals surface area contributed by atoms with Crippen LogP contribution >= 0.6 is 0 Å². The van der Waals surface area contributed by atoms with Gasteiger partial charge in [-0.25, -0.2) is 9.69 Å². The van der Waals surface area contributed by atoms with Crippen LogP contribution in [-0.4, -0.2) is 68.2 Å². The standard InChI is InChI=1S/C25H27N3O5/c1-17-22(29)28-20(15-18-9-4-2-5-10-18)23(30)26-14-8-13-21(26)25(28,32)27(17)24(31)33-16-19-11-6-3-7-12-19/h2-7,9-12,17,20-21,32H,8,13-16H2,1H3. The Balaban J connectivity index is 1.49. The van der Waals surface area contributed by atoms with Gasteiger partial charge in [0, 0.05) is 13.0 Å². The number of nitrogens with zero attached hydrogens (tertiary/aromatic N) is 3. The molecule has 4 atom stereocenters. The van der Waals surface area contributed by atoms with Gasteiger partial charge < -0.3 is 14.7 Å². The number of carbonyl (C=O) groups is 3. The minimum absolute atomic E-state index is 0.0217. The van der Waals surface area contributed by atoms with Gasteiger partial charge in [-0.1, -0.05) is 60.7 Å². The molecular formula is C25H27N3O5. The van der Waals surface area contributed by atoms with E-state index in [-0.39, 0.29) is 18.9 Å². The first-order chi connectivity index (χ1) is 15.9. The highest BCUT2D eigenvalue weighted by Gasteiger charge is 2.69. The molecule has 2 aromatic rings. The van der Waals surface area contributed by atoms with Crippen LogP contribution < -0.4 is 0 Å². The minimum atomic E-state index is -1.95. The average molecular weight is 450 g/mol. The van der Waals surface area contributed by atoms with Gasteiger partial charge in [0.1, 0.15) is 24.7 Å². The maximum absolute atomic E-state index is 13.4. The largest absolute Gasteiger partial charge is 0.444 e. The highest BCUT2D eigenvalue weighted by molar-refractivity contribution is 5.96. The number of benzene rings is 2. The van der Waals surface area contributed by atoms with E-state index in [2.05, 4.69) is 0 Å². The lowest BCUT2D eigenvalue weighted by Gasteiger charge is -2.52. The number of aliphatic hydroxyl groups is 1. The SMILES string of the molecule is CC1C(=O)N2C(Cc3ccccc3)C(=O)N3CCCC3C2(O)N1C(=O)OCc1ccccc1. The summed E-state index contributed by atoms with van der Waals surface area (Å²) in [4.78, 5) is 44.1. The normalized spacial score (nSPS) is 28.7. The monoisotopic (exact) mass is 449 g/mol. The molecule has 3 aliphatic rings. The first kappa shape index (κ1) is 21.5. The van der Waals surface area contributed by atoms with Crippen molar-refractivity contribution in [2.45, 2.75) is 56.8 Å². The molecule has 5 rings (SSSR count). The number of hydrogen-bond donors (Lipinski definition) is 1. The van der Waals surface area contributed by atoms with Crippen molar-refractivity contribution >= 4 is 17.9 Å². The Morgan fingerprint density at radius 3 is 2.33 bits per heavy atom. The summed E-state index contributed by atoms with van der Waals surface area (Å²) in [6.45, 7) is 2.08. The highest BCUT2D eigenvalue weighted by atomic mass is 16.6. The van der Waals surface area contributed by atoms with E-state index in [0.717, 1.165) is 16.0 Å². The van der Waals surface area contributed by atoms with Gasteiger partial charge >= 0.3 is 6.09 Å². The summed E-state index contributed by atoms with van der Waals surface area (Å²) in [5.41, 5.74) is 1.68. The molecule has 3 aliphatic heterocycles. The fourth-order valence-corrected chi connectivity index (χ4v) is 5.41. The van der Waals surface area contributed by atoms with Gasteiger partial charge in [-0.15, -0.1) is 0 Å². The lowest BCUT2D eigenvalue weighted by atomic mass is 9.95. The average Bonchev–Trinajstić information content (AvgIpc) is 3.40. The van der Waals surface area contributed by atoms with E-state index in [0.29, 0.717) is 19.4 Å². The van der Waals surface area contributed by atoms with Crippen LogP contribution in [-0.2, 0) is 27.4 Å². The van der Waals surface area contributed by atoms with Crippen molar-refractivity contribution in [1.29, 1.82) is 0 Å². The second-order valence-electron chi connectivity index (χ2n) is 8.88. The summed E-state index contributed by atoms with van der Waals surface area (Å²) < 4.78 is 5.52. The molecular weight excluding hydrogens is 422 g/mol. The van der Waals surface area contributed by atoms with Crippen LogP contribution in [0.1, 0.15) is 30.9 Å². The van der Waals surface area contributed by atoms with Crippen LogP contribution in [0.4, 0.5) is 4.79 Å². The van der Waals surface area contributed by atoms with E-state index in [9.17, 15) is 19.5 Å². The maximum Gasteiger partial charge on any atom is 0.414 e. The quantitative estimate of drug-likeness (QED) is 0.772. The molecule has 3 heterocycles. The second-order valence-corrected chi connectivity index (χ2v) is 8.88. The van der Waals surface area contributed by atoms with Crippen molar-refractivity contribution in [2.75, 3.05) is 6.54 Å². The van der Waals surface area contributed by atoms with Gasteiger partial charge in [-0.05, 0) is 30.9 Å². The number of fused-ring (bicyclic) bond motifs is 3. The fraction of sp³-hybridized carbons (Fsp3) is 0.400. The molecule has 8 heteroatoms. The van der Waals surface area contributed by atoms with Crippen LogP contribution in [0.5, 0.6) is 0 Å². The number of ether oxygens (including phenoxy) is 1. The summed E-state index contributed by atoms with van der Waals surface area (Å²) in [5, 5.41) is 12.1. The van der Waals surface area contributed by atoms with E-state index in [1.165, 1.54) is 4.90 Å². The van der Waals surface area contributed by atoms with Gasteiger partial charge in [-0.3, -0.25) is 14.5 Å². The predicted molar refractivity (Wildman–Crippen MR) is 118 cm³/mol. The molecule has 3 amide bonds. The molecule has 8 nitrogen and oxygen atoms in total. The lowest BCUT2D eigenvalue weighted by molar-refractivity contribution is -0.234. The van der Waals surface area contributed by atoms with Gasteiger partial charge in [0.25, 0.3) is 0 Å². The Hall–Kier alpha value is -3.39. The summed E-state index contributed by atoms with van der Waals surface area (Å²) >= 11 is 0. The van der Waals surface area contributed by atoms with E-state index < -0.39 is 36.0 Å². The van der Waals surface area contributed by atoms with Crippen LogP contribution in [0.25, 0.3) is 0 Å². The van der Waals surface area contributed by atoms with Crippen LogP contribution in [0.15, 0.2) is 60.7 Å². The zero-order valence-electron chi connectivity index (χ0n) is 18.5. The molecule has 1 N–H and O–H groups in total. The molecule has 2 aromatic carbocycles. The molecule has 33 heavy (non-hydrogen) atoms. The van der Waals surface area contributed by atoms with Crippen LogP contribution in [0.2, 0.25) is 0 Å². The van der Waals surface area contributed by atoms with Crippen LogP contribution in [0, 0.1) is 0 Å². The van der Waals surface area contributed by atoms with Crippen molar-refractivity contribution in [3.05, 3.63) is 71.8 Å². The molecule has 3 saturated heterocycles. The topological polar surface area (TPSA) is 90.4 Å². The molecule has 0 aromatic heterocycles. The molecule has 0 radical (unpaired) electrons. The molecule has 0 bridgehead atoms. The maximum atomic E-state index is 13.4. The van der Waals surface area contributed by atoms with E-state index in [1.54, 1.807) is 11.8 Å². The van der Waals surface area contributed by atoms with Crippen molar-refractivity contribution in [2.24, 2.45) is 0 Å².